The molecule has 25 heavy (non-hydrogen) atoms. The van der Waals surface area contributed by atoms with Gasteiger partial charge in [-0.3, -0.25) is 4.79 Å². The van der Waals surface area contributed by atoms with E-state index in [0.717, 1.165) is 63.8 Å². The van der Waals surface area contributed by atoms with Gasteiger partial charge in [0.25, 0.3) is 0 Å². The summed E-state index contributed by atoms with van der Waals surface area (Å²) < 4.78 is 5.79. The van der Waals surface area contributed by atoms with E-state index in [1.807, 2.05) is 12.4 Å². The van der Waals surface area contributed by atoms with Gasteiger partial charge in [0.05, 0.1) is 6.10 Å². The molecule has 0 saturated carbocycles. The topological polar surface area (TPSA) is 67.3 Å². The Morgan fingerprint density at radius 3 is 2.84 bits per heavy atom. The smallest absolute Gasteiger partial charge is 0.223 e. The van der Waals surface area contributed by atoms with Gasteiger partial charge in [-0.25, -0.2) is 9.97 Å². The summed E-state index contributed by atoms with van der Waals surface area (Å²) in [4.78, 5) is 23.3. The average Bonchev–Trinajstić information content (AvgIpc) is 2.95. The molecular weight excluding hydrogens is 316 g/mol. The van der Waals surface area contributed by atoms with E-state index in [2.05, 4.69) is 20.2 Å². The minimum Gasteiger partial charge on any atom is -0.378 e. The summed E-state index contributed by atoms with van der Waals surface area (Å²) in [6.45, 7) is 3.47. The van der Waals surface area contributed by atoms with Crippen LogP contribution in [0.25, 0.3) is 0 Å². The lowest BCUT2D eigenvalue weighted by atomic mass is 10.0. The summed E-state index contributed by atoms with van der Waals surface area (Å²) in [5.41, 5.74) is 1.00. The zero-order chi connectivity index (χ0) is 17.3. The van der Waals surface area contributed by atoms with Gasteiger partial charge in [0, 0.05) is 43.6 Å². The Morgan fingerprint density at radius 2 is 2.04 bits per heavy atom. The first kappa shape index (κ1) is 18.3. The molecular formula is C19H30N4O2. The highest BCUT2D eigenvalue weighted by molar-refractivity contribution is 5.76. The van der Waals surface area contributed by atoms with E-state index in [4.69, 9.17) is 4.74 Å². The Morgan fingerprint density at radius 1 is 1.16 bits per heavy atom. The van der Waals surface area contributed by atoms with Gasteiger partial charge in [0.2, 0.25) is 5.91 Å². The Bertz CT molecular complexity index is 511. The first-order valence-electron chi connectivity index (χ1n) is 9.68. The summed E-state index contributed by atoms with van der Waals surface area (Å²) in [7, 11) is 0. The average molecular weight is 346 g/mol. The number of carbonyl (C=O) groups is 1. The van der Waals surface area contributed by atoms with Crippen LogP contribution >= 0.6 is 0 Å². The molecule has 3 rings (SSSR count). The zero-order valence-corrected chi connectivity index (χ0v) is 15.0. The molecule has 0 bridgehead atoms. The van der Waals surface area contributed by atoms with Gasteiger partial charge >= 0.3 is 0 Å². The maximum absolute atomic E-state index is 13.0. The van der Waals surface area contributed by atoms with Crippen LogP contribution in [0.1, 0.15) is 56.9 Å². The molecule has 1 aromatic heterocycles. The molecule has 6 heteroatoms. The Balaban J connectivity index is 1.62. The third-order valence-corrected chi connectivity index (χ3v) is 5.23. The van der Waals surface area contributed by atoms with Gasteiger partial charge in [-0.2, -0.15) is 0 Å². The van der Waals surface area contributed by atoms with Crippen LogP contribution in [0, 0.1) is 0 Å². The maximum Gasteiger partial charge on any atom is 0.223 e. The molecule has 2 aliphatic rings. The lowest BCUT2D eigenvalue weighted by Crippen LogP contribution is -2.40. The van der Waals surface area contributed by atoms with Gasteiger partial charge in [0.15, 0.2) is 0 Å². The van der Waals surface area contributed by atoms with Gasteiger partial charge in [-0.15, -0.1) is 0 Å². The third kappa shape index (κ3) is 5.75. The lowest BCUT2D eigenvalue weighted by Gasteiger charge is -2.32. The maximum atomic E-state index is 13.0. The van der Waals surface area contributed by atoms with Crippen molar-refractivity contribution in [2.24, 2.45) is 0 Å². The highest BCUT2D eigenvalue weighted by Gasteiger charge is 2.26. The van der Waals surface area contributed by atoms with Crippen molar-refractivity contribution in [2.45, 2.75) is 70.1 Å². The van der Waals surface area contributed by atoms with Crippen molar-refractivity contribution < 1.29 is 9.53 Å². The molecule has 0 unspecified atom stereocenters. The Labute approximate surface area is 150 Å². The second-order valence-electron chi connectivity index (χ2n) is 7.13. The van der Waals surface area contributed by atoms with Crippen LogP contribution in [0.5, 0.6) is 0 Å². The summed E-state index contributed by atoms with van der Waals surface area (Å²) in [5.74, 6) is 0.241. The highest BCUT2D eigenvalue weighted by Crippen LogP contribution is 2.21. The molecule has 3 heterocycles. The molecule has 2 aliphatic heterocycles. The SMILES string of the molecule is O=C(CC[C@@H]1CCCCO1)N(Cc1cncnc1)[C@H]1CCCNCC1. The van der Waals surface area contributed by atoms with E-state index in [0.29, 0.717) is 19.0 Å². The van der Waals surface area contributed by atoms with Gasteiger partial charge in [0.1, 0.15) is 6.33 Å². The fourth-order valence-electron chi connectivity index (χ4n) is 3.80. The van der Waals surface area contributed by atoms with E-state index in [1.54, 1.807) is 0 Å². The van der Waals surface area contributed by atoms with Crippen LogP contribution in [-0.2, 0) is 16.1 Å². The fourth-order valence-corrected chi connectivity index (χ4v) is 3.80. The first-order valence-corrected chi connectivity index (χ1v) is 9.68. The molecule has 0 aromatic carbocycles. The van der Waals surface area contributed by atoms with Crippen molar-refractivity contribution >= 4 is 5.91 Å². The number of nitrogens with one attached hydrogen (secondary N) is 1. The van der Waals surface area contributed by atoms with E-state index in [1.165, 1.54) is 12.7 Å². The molecule has 138 valence electrons. The second kappa shape index (κ2) is 9.82. The Kier molecular flexibility index (Phi) is 7.18. The van der Waals surface area contributed by atoms with Crippen molar-refractivity contribution in [1.29, 1.82) is 0 Å². The van der Waals surface area contributed by atoms with E-state index < -0.39 is 0 Å². The standard InChI is InChI=1S/C19H30N4O2/c24-19(7-6-18-5-1-2-11-25-18)23(14-16-12-21-15-22-13-16)17-4-3-9-20-10-8-17/h12-13,15,17-18,20H,1-11,14H2/t17-,18-/m0/s1. The minimum absolute atomic E-state index is 0.241. The van der Waals surface area contributed by atoms with Crippen LogP contribution in [0.3, 0.4) is 0 Å². The quantitative estimate of drug-likeness (QED) is 0.856. The third-order valence-electron chi connectivity index (χ3n) is 5.23. The predicted octanol–water partition coefficient (Wildman–Crippen LogP) is 2.30. The predicted molar refractivity (Wildman–Crippen MR) is 95.9 cm³/mol. The second-order valence-corrected chi connectivity index (χ2v) is 7.13. The lowest BCUT2D eigenvalue weighted by molar-refractivity contribution is -0.135. The molecule has 1 aromatic rings. The van der Waals surface area contributed by atoms with Crippen molar-refractivity contribution in [3.8, 4) is 0 Å². The fraction of sp³-hybridized carbons (Fsp3) is 0.737. The summed E-state index contributed by atoms with van der Waals surface area (Å²) in [6.07, 6.45) is 13.5. The molecule has 0 radical (unpaired) electrons. The number of amides is 1. The minimum atomic E-state index is 0.241. The largest absolute Gasteiger partial charge is 0.378 e. The molecule has 2 fully saturated rings. The van der Waals surface area contributed by atoms with Crippen molar-refractivity contribution in [3.63, 3.8) is 0 Å². The number of hydrogen-bond donors (Lipinski definition) is 1. The van der Waals surface area contributed by atoms with Crippen LogP contribution < -0.4 is 5.32 Å². The summed E-state index contributed by atoms with van der Waals surface area (Å²) in [6, 6.07) is 0.301. The van der Waals surface area contributed by atoms with Crippen molar-refractivity contribution in [3.05, 3.63) is 24.3 Å². The van der Waals surface area contributed by atoms with E-state index in [-0.39, 0.29) is 12.0 Å². The Hall–Kier alpha value is -1.53. The van der Waals surface area contributed by atoms with E-state index in [9.17, 15) is 4.79 Å². The van der Waals surface area contributed by atoms with Gasteiger partial charge in [-0.05, 0) is 58.0 Å². The monoisotopic (exact) mass is 346 g/mol. The number of hydrogen-bond acceptors (Lipinski definition) is 5. The molecule has 6 nitrogen and oxygen atoms in total. The van der Waals surface area contributed by atoms with Crippen molar-refractivity contribution in [1.82, 2.24) is 20.2 Å². The van der Waals surface area contributed by atoms with Crippen LogP contribution in [0.15, 0.2) is 18.7 Å². The van der Waals surface area contributed by atoms with Crippen molar-refractivity contribution in [2.75, 3.05) is 19.7 Å². The molecule has 1 amide bonds. The molecule has 2 saturated heterocycles. The summed E-state index contributed by atoms with van der Waals surface area (Å²) in [5, 5.41) is 3.44. The van der Waals surface area contributed by atoms with Crippen LogP contribution in [0.2, 0.25) is 0 Å². The number of rotatable bonds is 6. The number of nitrogens with zero attached hydrogens (tertiary/aromatic N) is 3. The van der Waals surface area contributed by atoms with Crippen LogP contribution in [-0.4, -0.2) is 52.6 Å². The first-order chi connectivity index (χ1) is 12.3. The summed E-state index contributed by atoms with van der Waals surface area (Å²) >= 11 is 0. The van der Waals surface area contributed by atoms with Gasteiger partial charge in [-0.1, -0.05) is 0 Å². The number of carbonyl (C=O) groups excluding carboxylic acids is 1. The highest BCUT2D eigenvalue weighted by atomic mass is 16.5. The van der Waals surface area contributed by atoms with Crippen LogP contribution in [0.4, 0.5) is 0 Å². The molecule has 0 aliphatic carbocycles. The normalized spacial score (nSPS) is 24.5. The molecule has 2 atom stereocenters. The molecule has 0 spiro atoms. The number of aromatic nitrogens is 2. The molecule has 1 N–H and O–H groups in total. The van der Waals surface area contributed by atoms with E-state index >= 15 is 0 Å². The van der Waals surface area contributed by atoms with Gasteiger partial charge < -0.3 is 15.0 Å². The zero-order valence-electron chi connectivity index (χ0n) is 15.0. The number of ether oxygens (including phenoxy) is 1.